The normalized spacial score (nSPS) is 32.4. The lowest BCUT2D eigenvalue weighted by atomic mass is 9.96. The Morgan fingerprint density at radius 1 is 1.26 bits per heavy atom. The van der Waals surface area contributed by atoms with E-state index in [-0.39, 0.29) is 36.7 Å². The van der Waals surface area contributed by atoms with Crippen LogP contribution in [0.1, 0.15) is 44.9 Å². The van der Waals surface area contributed by atoms with E-state index in [0.29, 0.717) is 6.54 Å². The van der Waals surface area contributed by atoms with E-state index in [0.717, 1.165) is 44.9 Å². The van der Waals surface area contributed by atoms with E-state index < -0.39 is 0 Å². The van der Waals surface area contributed by atoms with E-state index >= 15 is 0 Å². The molecule has 1 saturated heterocycles. The summed E-state index contributed by atoms with van der Waals surface area (Å²) in [4.78, 5) is 12.1. The van der Waals surface area contributed by atoms with Crippen molar-refractivity contribution in [3.05, 3.63) is 0 Å². The highest BCUT2D eigenvalue weighted by molar-refractivity contribution is 5.79. The minimum atomic E-state index is -0.282. The molecule has 1 aliphatic carbocycles. The minimum absolute atomic E-state index is 0.0450. The van der Waals surface area contributed by atoms with Gasteiger partial charge in [0, 0.05) is 5.92 Å². The van der Waals surface area contributed by atoms with Crippen LogP contribution in [0.4, 0.5) is 0 Å². The van der Waals surface area contributed by atoms with Crippen LogP contribution in [0.5, 0.6) is 0 Å². The number of aliphatic hydroxyl groups excluding tert-OH is 1. The van der Waals surface area contributed by atoms with Crippen LogP contribution in [0.15, 0.2) is 0 Å². The summed E-state index contributed by atoms with van der Waals surface area (Å²) >= 11 is 0. The third kappa shape index (κ3) is 3.91. The van der Waals surface area contributed by atoms with Crippen LogP contribution in [0, 0.1) is 5.92 Å². The second-order valence-corrected chi connectivity index (χ2v) is 5.73. The molecule has 3 atom stereocenters. The molecule has 0 aromatic carbocycles. The van der Waals surface area contributed by atoms with E-state index in [9.17, 15) is 9.90 Å². The van der Waals surface area contributed by atoms with Gasteiger partial charge in [-0.15, -0.1) is 0 Å². The van der Waals surface area contributed by atoms with Crippen LogP contribution in [0.25, 0.3) is 0 Å². The maximum Gasteiger partial charge on any atom is 0.223 e. The number of carbonyl (C=O) groups excluding carboxylic acids is 1. The molecule has 4 N–H and O–H groups in total. The number of nitrogens with one attached hydrogen (secondary N) is 1. The third-order valence-electron chi connectivity index (χ3n) is 4.34. The van der Waals surface area contributed by atoms with Crippen molar-refractivity contribution >= 4 is 5.91 Å². The average Bonchev–Trinajstić information content (AvgIpc) is 2.94. The Morgan fingerprint density at radius 2 is 2.00 bits per heavy atom. The molecule has 5 nitrogen and oxygen atoms in total. The molecule has 0 aromatic rings. The fraction of sp³-hybridized carbons (Fsp3) is 0.929. The van der Waals surface area contributed by atoms with Gasteiger partial charge in [0.15, 0.2) is 0 Å². The van der Waals surface area contributed by atoms with Crippen molar-refractivity contribution in [2.45, 2.75) is 63.2 Å². The highest BCUT2D eigenvalue weighted by Crippen LogP contribution is 2.26. The maximum absolute atomic E-state index is 12.1. The van der Waals surface area contributed by atoms with Crippen LogP contribution >= 0.6 is 0 Å². The summed E-state index contributed by atoms with van der Waals surface area (Å²) in [5.74, 6) is 0.308. The molecule has 0 unspecified atom stereocenters. The minimum Gasteiger partial charge on any atom is -0.394 e. The fourth-order valence-corrected chi connectivity index (χ4v) is 3.18. The van der Waals surface area contributed by atoms with Crippen LogP contribution < -0.4 is 11.1 Å². The fourth-order valence-electron chi connectivity index (χ4n) is 3.18. The standard InChI is InChI=1S/C14H26N2O3/c15-8-7-11-5-6-12(13(9-17)19-11)16-14(18)10-3-1-2-4-10/h10-13,17H,1-9,15H2,(H,16,18)/t11-,12-,13-/m1/s1. The van der Waals surface area contributed by atoms with Gasteiger partial charge in [0.1, 0.15) is 6.10 Å². The lowest BCUT2D eigenvalue weighted by molar-refractivity contribution is -0.131. The molecule has 0 spiro atoms. The summed E-state index contributed by atoms with van der Waals surface area (Å²) in [6.45, 7) is 0.554. The first-order chi connectivity index (χ1) is 9.24. The first-order valence-corrected chi connectivity index (χ1v) is 7.51. The van der Waals surface area contributed by atoms with E-state index in [1.165, 1.54) is 0 Å². The number of carbonyl (C=O) groups is 1. The SMILES string of the molecule is NCC[C@H]1CC[C@@H](NC(=O)C2CCCC2)[C@@H](CO)O1. The molecule has 1 amide bonds. The van der Waals surface area contributed by atoms with Gasteiger partial charge in [0.2, 0.25) is 5.91 Å². The largest absolute Gasteiger partial charge is 0.394 e. The zero-order valence-electron chi connectivity index (χ0n) is 11.5. The van der Waals surface area contributed by atoms with Crippen LogP contribution in [0.2, 0.25) is 0 Å². The van der Waals surface area contributed by atoms with Crippen molar-refractivity contribution in [2.24, 2.45) is 11.7 Å². The lowest BCUT2D eigenvalue weighted by Gasteiger charge is -2.36. The molecule has 0 radical (unpaired) electrons. The molecule has 1 saturated carbocycles. The molecular formula is C14H26N2O3. The van der Waals surface area contributed by atoms with Crippen molar-refractivity contribution < 1.29 is 14.6 Å². The van der Waals surface area contributed by atoms with Gasteiger partial charge in [0.05, 0.1) is 18.8 Å². The van der Waals surface area contributed by atoms with Gasteiger partial charge in [-0.05, 0) is 38.6 Å². The van der Waals surface area contributed by atoms with Crippen molar-refractivity contribution in [1.29, 1.82) is 0 Å². The summed E-state index contributed by atoms with van der Waals surface area (Å²) in [7, 11) is 0. The zero-order valence-corrected chi connectivity index (χ0v) is 11.5. The maximum atomic E-state index is 12.1. The predicted molar refractivity (Wildman–Crippen MR) is 72.5 cm³/mol. The lowest BCUT2D eigenvalue weighted by Crippen LogP contribution is -2.52. The molecule has 19 heavy (non-hydrogen) atoms. The molecule has 0 aromatic heterocycles. The number of nitrogens with two attached hydrogens (primary N) is 1. The second kappa shape index (κ2) is 7.22. The Hall–Kier alpha value is -0.650. The number of hydrogen-bond acceptors (Lipinski definition) is 4. The Kier molecular flexibility index (Phi) is 5.60. The Balaban J connectivity index is 1.83. The summed E-state index contributed by atoms with van der Waals surface area (Å²) in [5.41, 5.74) is 5.53. The van der Waals surface area contributed by atoms with Gasteiger partial charge in [-0.3, -0.25) is 4.79 Å². The number of rotatable bonds is 5. The van der Waals surface area contributed by atoms with E-state index in [4.69, 9.17) is 10.5 Å². The predicted octanol–water partition coefficient (Wildman–Crippen LogP) is 0.550. The number of ether oxygens (including phenoxy) is 1. The van der Waals surface area contributed by atoms with E-state index in [1.54, 1.807) is 0 Å². The van der Waals surface area contributed by atoms with Crippen molar-refractivity contribution in [3.63, 3.8) is 0 Å². The van der Waals surface area contributed by atoms with E-state index in [2.05, 4.69) is 5.32 Å². The average molecular weight is 270 g/mol. The summed E-state index contributed by atoms with van der Waals surface area (Å²) in [5, 5.41) is 12.5. The van der Waals surface area contributed by atoms with Crippen molar-refractivity contribution in [2.75, 3.05) is 13.2 Å². The van der Waals surface area contributed by atoms with Crippen LogP contribution in [0.3, 0.4) is 0 Å². The highest BCUT2D eigenvalue weighted by Gasteiger charge is 2.33. The molecule has 2 aliphatic rings. The van der Waals surface area contributed by atoms with Crippen LogP contribution in [-0.2, 0) is 9.53 Å². The second-order valence-electron chi connectivity index (χ2n) is 5.73. The molecule has 5 heteroatoms. The van der Waals surface area contributed by atoms with Gasteiger partial charge in [0.25, 0.3) is 0 Å². The van der Waals surface area contributed by atoms with Gasteiger partial charge in [-0.2, -0.15) is 0 Å². The number of aliphatic hydroxyl groups is 1. The summed E-state index contributed by atoms with van der Waals surface area (Å²) < 4.78 is 5.81. The molecule has 0 bridgehead atoms. The number of hydrogen-bond donors (Lipinski definition) is 3. The van der Waals surface area contributed by atoms with Crippen molar-refractivity contribution in [1.82, 2.24) is 5.32 Å². The zero-order chi connectivity index (χ0) is 13.7. The molecule has 2 rings (SSSR count). The summed E-state index contributed by atoms with van der Waals surface area (Å²) in [6.07, 6.45) is 6.75. The Morgan fingerprint density at radius 3 is 2.63 bits per heavy atom. The van der Waals surface area contributed by atoms with Gasteiger partial charge in [-0.25, -0.2) is 0 Å². The third-order valence-corrected chi connectivity index (χ3v) is 4.34. The van der Waals surface area contributed by atoms with Crippen LogP contribution in [-0.4, -0.2) is 42.4 Å². The topological polar surface area (TPSA) is 84.6 Å². The van der Waals surface area contributed by atoms with Crippen molar-refractivity contribution in [3.8, 4) is 0 Å². The molecule has 2 fully saturated rings. The quantitative estimate of drug-likeness (QED) is 0.681. The Labute approximate surface area is 114 Å². The molecule has 110 valence electrons. The highest BCUT2D eigenvalue weighted by atomic mass is 16.5. The van der Waals surface area contributed by atoms with E-state index in [1.807, 2.05) is 0 Å². The number of amides is 1. The monoisotopic (exact) mass is 270 g/mol. The van der Waals surface area contributed by atoms with Gasteiger partial charge >= 0.3 is 0 Å². The van der Waals surface area contributed by atoms with Gasteiger partial charge < -0.3 is 20.9 Å². The first kappa shape index (κ1) is 14.8. The molecule has 1 aliphatic heterocycles. The Bertz CT molecular complexity index is 292. The first-order valence-electron chi connectivity index (χ1n) is 7.51. The van der Waals surface area contributed by atoms with Gasteiger partial charge in [-0.1, -0.05) is 12.8 Å². The molecular weight excluding hydrogens is 244 g/mol. The molecule has 1 heterocycles. The summed E-state index contributed by atoms with van der Waals surface area (Å²) in [6, 6.07) is -0.0490. The smallest absolute Gasteiger partial charge is 0.223 e.